The molecule has 2 amide bonds. The largest absolute Gasteiger partial charge is 0.480 e. The standard InChI is InChI=1S/C27H32N2O6/c1-34-14-13-29(16-25(30)31)26(32)18-7-6-8-19(15-18)28-27(33)35-17-24-22-11-4-2-9-20(22)21-10-3-5-12-23(21)24/h2-5,9-12,18-19,24H,6-8,13-17H2,1H3,(H,28,33)(H,30,31)/t18-,19+/m1/s1. The number of nitrogens with zero attached hydrogens (tertiary/aromatic N) is 1. The second kappa shape index (κ2) is 11.4. The maximum atomic E-state index is 13.0. The van der Waals surface area contributed by atoms with Crippen LogP contribution < -0.4 is 5.32 Å². The summed E-state index contributed by atoms with van der Waals surface area (Å²) in [6.45, 7) is 0.372. The monoisotopic (exact) mass is 480 g/mol. The molecule has 0 spiro atoms. The first-order valence-electron chi connectivity index (χ1n) is 12.1. The van der Waals surface area contributed by atoms with Crippen molar-refractivity contribution in [3.8, 4) is 11.1 Å². The van der Waals surface area contributed by atoms with Crippen molar-refractivity contribution < 1.29 is 29.0 Å². The molecular formula is C27H32N2O6. The van der Waals surface area contributed by atoms with Gasteiger partial charge in [-0.05, 0) is 41.5 Å². The van der Waals surface area contributed by atoms with Crippen LogP contribution in [0.2, 0.25) is 0 Å². The number of fused-ring (bicyclic) bond motifs is 3. The van der Waals surface area contributed by atoms with Crippen LogP contribution in [0.4, 0.5) is 4.79 Å². The molecule has 0 aromatic heterocycles. The van der Waals surface area contributed by atoms with Crippen molar-refractivity contribution in [1.82, 2.24) is 10.2 Å². The van der Waals surface area contributed by atoms with E-state index in [4.69, 9.17) is 14.6 Å². The average molecular weight is 481 g/mol. The number of hydrogen-bond acceptors (Lipinski definition) is 5. The number of hydrogen-bond donors (Lipinski definition) is 2. The highest BCUT2D eigenvalue weighted by atomic mass is 16.5. The molecule has 0 heterocycles. The Hall–Kier alpha value is -3.39. The van der Waals surface area contributed by atoms with E-state index in [1.807, 2.05) is 24.3 Å². The Morgan fingerprint density at radius 3 is 2.31 bits per heavy atom. The number of methoxy groups -OCH3 is 1. The van der Waals surface area contributed by atoms with Gasteiger partial charge in [0.2, 0.25) is 5.91 Å². The number of carbonyl (C=O) groups excluding carboxylic acids is 2. The molecule has 1 fully saturated rings. The third kappa shape index (κ3) is 5.82. The lowest BCUT2D eigenvalue weighted by molar-refractivity contribution is -0.147. The molecule has 8 heteroatoms. The molecule has 2 aromatic carbocycles. The van der Waals surface area contributed by atoms with Gasteiger partial charge in [-0.15, -0.1) is 0 Å². The smallest absolute Gasteiger partial charge is 0.407 e. The molecule has 1 saturated carbocycles. The molecule has 2 atom stereocenters. The van der Waals surface area contributed by atoms with E-state index in [1.54, 1.807) is 0 Å². The SMILES string of the molecule is COCCN(CC(=O)O)C(=O)[C@@H]1CCC[C@H](NC(=O)OCC2c3ccccc3-c3ccccc32)C1. The van der Waals surface area contributed by atoms with E-state index in [1.165, 1.54) is 23.1 Å². The molecule has 0 aliphatic heterocycles. The highest BCUT2D eigenvalue weighted by Crippen LogP contribution is 2.44. The fourth-order valence-corrected chi connectivity index (χ4v) is 5.24. The first-order valence-corrected chi connectivity index (χ1v) is 12.1. The topological polar surface area (TPSA) is 105 Å². The summed E-state index contributed by atoms with van der Waals surface area (Å²) in [4.78, 5) is 38.2. The van der Waals surface area contributed by atoms with Gasteiger partial charge in [0, 0.05) is 31.5 Å². The van der Waals surface area contributed by atoms with Crippen molar-refractivity contribution >= 4 is 18.0 Å². The maximum Gasteiger partial charge on any atom is 0.407 e. The zero-order valence-electron chi connectivity index (χ0n) is 19.9. The number of nitrogens with one attached hydrogen (secondary N) is 1. The normalized spacial score (nSPS) is 18.9. The Kier molecular flexibility index (Phi) is 8.02. The van der Waals surface area contributed by atoms with E-state index in [0.717, 1.165) is 24.0 Å². The van der Waals surface area contributed by atoms with Gasteiger partial charge >= 0.3 is 12.1 Å². The van der Waals surface area contributed by atoms with Crippen molar-refractivity contribution in [2.45, 2.75) is 37.6 Å². The molecule has 2 aliphatic rings. The number of carbonyl (C=O) groups is 3. The van der Waals surface area contributed by atoms with Crippen LogP contribution in [0.15, 0.2) is 48.5 Å². The molecule has 4 rings (SSSR count). The minimum absolute atomic E-state index is 0.0146. The van der Waals surface area contributed by atoms with E-state index in [-0.39, 0.29) is 50.1 Å². The van der Waals surface area contributed by atoms with Gasteiger partial charge in [-0.1, -0.05) is 55.0 Å². The van der Waals surface area contributed by atoms with Crippen LogP contribution in [0.3, 0.4) is 0 Å². The summed E-state index contributed by atoms with van der Waals surface area (Å²) in [5.74, 6) is -1.61. The van der Waals surface area contributed by atoms with Gasteiger partial charge in [0.25, 0.3) is 0 Å². The van der Waals surface area contributed by atoms with Crippen LogP contribution in [0.1, 0.15) is 42.7 Å². The summed E-state index contributed by atoms with van der Waals surface area (Å²) >= 11 is 0. The predicted octanol–water partition coefficient (Wildman–Crippen LogP) is 3.64. The van der Waals surface area contributed by atoms with Crippen LogP contribution in [-0.2, 0) is 19.1 Å². The molecule has 35 heavy (non-hydrogen) atoms. The van der Waals surface area contributed by atoms with Gasteiger partial charge in [0.15, 0.2) is 0 Å². The minimum Gasteiger partial charge on any atom is -0.480 e. The number of aliphatic carboxylic acids is 1. The number of alkyl carbamates (subject to hydrolysis) is 1. The Morgan fingerprint density at radius 2 is 1.69 bits per heavy atom. The lowest BCUT2D eigenvalue weighted by Crippen LogP contribution is -2.46. The summed E-state index contributed by atoms with van der Waals surface area (Å²) in [5, 5.41) is 12.1. The van der Waals surface area contributed by atoms with E-state index < -0.39 is 12.1 Å². The summed E-state index contributed by atoms with van der Waals surface area (Å²) in [6.07, 6.45) is 2.17. The number of carboxylic acids is 1. The molecule has 186 valence electrons. The van der Waals surface area contributed by atoms with Crippen molar-refractivity contribution in [1.29, 1.82) is 0 Å². The highest BCUT2D eigenvalue weighted by molar-refractivity contribution is 5.83. The fourth-order valence-electron chi connectivity index (χ4n) is 5.24. The van der Waals surface area contributed by atoms with Crippen LogP contribution in [0, 0.1) is 5.92 Å². The number of amides is 2. The summed E-state index contributed by atoms with van der Waals surface area (Å²) in [6, 6.07) is 16.2. The van der Waals surface area contributed by atoms with Crippen LogP contribution >= 0.6 is 0 Å². The highest BCUT2D eigenvalue weighted by Gasteiger charge is 2.33. The number of benzene rings is 2. The van der Waals surface area contributed by atoms with Gasteiger partial charge in [-0.3, -0.25) is 9.59 Å². The van der Waals surface area contributed by atoms with Crippen molar-refractivity contribution in [3.05, 3.63) is 59.7 Å². The van der Waals surface area contributed by atoms with Gasteiger partial charge in [0.1, 0.15) is 13.2 Å². The zero-order chi connectivity index (χ0) is 24.8. The van der Waals surface area contributed by atoms with Crippen LogP contribution in [0.5, 0.6) is 0 Å². The lowest BCUT2D eigenvalue weighted by atomic mass is 9.84. The van der Waals surface area contributed by atoms with E-state index in [0.29, 0.717) is 12.8 Å². The molecule has 0 radical (unpaired) electrons. The van der Waals surface area contributed by atoms with E-state index in [2.05, 4.69) is 29.6 Å². The Labute approximate surface area is 205 Å². The molecule has 2 N–H and O–H groups in total. The second-order valence-electron chi connectivity index (χ2n) is 9.18. The first kappa shape index (κ1) is 24.7. The molecule has 0 saturated heterocycles. The summed E-state index contributed by atoms with van der Waals surface area (Å²) in [7, 11) is 1.51. The van der Waals surface area contributed by atoms with Gasteiger partial charge in [-0.25, -0.2) is 4.79 Å². The summed E-state index contributed by atoms with van der Waals surface area (Å²) in [5.41, 5.74) is 4.65. The van der Waals surface area contributed by atoms with Crippen LogP contribution in [0.25, 0.3) is 11.1 Å². The summed E-state index contributed by atoms with van der Waals surface area (Å²) < 4.78 is 10.7. The quantitative estimate of drug-likeness (QED) is 0.568. The second-order valence-corrected chi connectivity index (χ2v) is 9.18. The number of carboxylic acid groups (broad SMARTS) is 1. The maximum absolute atomic E-state index is 13.0. The molecule has 0 unspecified atom stereocenters. The first-order chi connectivity index (χ1) is 17.0. The van der Waals surface area contributed by atoms with Crippen molar-refractivity contribution in [2.75, 3.05) is 33.4 Å². The molecule has 0 bridgehead atoms. The van der Waals surface area contributed by atoms with E-state index in [9.17, 15) is 14.4 Å². The van der Waals surface area contributed by atoms with Crippen molar-refractivity contribution in [3.63, 3.8) is 0 Å². The van der Waals surface area contributed by atoms with Crippen LogP contribution in [-0.4, -0.2) is 67.4 Å². The number of rotatable bonds is 9. The fraction of sp³-hybridized carbons (Fsp3) is 0.444. The van der Waals surface area contributed by atoms with Gasteiger partial charge in [-0.2, -0.15) is 0 Å². The lowest BCUT2D eigenvalue weighted by Gasteiger charge is -2.32. The Bertz CT molecular complexity index is 1030. The third-order valence-electron chi connectivity index (χ3n) is 6.89. The molecular weight excluding hydrogens is 448 g/mol. The Balaban J connectivity index is 1.33. The average Bonchev–Trinajstić information content (AvgIpc) is 3.18. The molecule has 2 aliphatic carbocycles. The Morgan fingerprint density at radius 1 is 1.03 bits per heavy atom. The molecule has 2 aromatic rings. The van der Waals surface area contributed by atoms with Gasteiger partial charge in [0.05, 0.1) is 6.61 Å². The third-order valence-corrected chi connectivity index (χ3v) is 6.89. The molecule has 8 nitrogen and oxygen atoms in total. The van der Waals surface area contributed by atoms with Crippen molar-refractivity contribution in [2.24, 2.45) is 5.92 Å². The zero-order valence-corrected chi connectivity index (χ0v) is 19.9. The minimum atomic E-state index is -1.06. The predicted molar refractivity (Wildman–Crippen MR) is 130 cm³/mol. The number of ether oxygens (including phenoxy) is 2. The van der Waals surface area contributed by atoms with E-state index >= 15 is 0 Å². The van der Waals surface area contributed by atoms with Gasteiger partial charge < -0.3 is 24.8 Å².